The molecule has 0 aliphatic carbocycles. The number of ether oxygens (including phenoxy) is 1. The SMILES string of the molecule is CC1(C(=O)NS(=O)(=O)Cc2ccc(Cl)nc2)CCCO1. The number of aromatic nitrogens is 1. The van der Waals surface area contributed by atoms with E-state index in [4.69, 9.17) is 16.3 Å². The number of carbonyl (C=O) groups excluding carboxylic acids is 1. The molecule has 2 heterocycles. The van der Waals surface area contributed by atoms with E-state index in [2.05, 4.69) is 4.98 Å². The molecule has 0 saturated carbocycles. The fraction of sp³-hybridized carbons (Fsp3) is 0.500. The van der Waals surface area contributed by atoms with Crippen molar-refractivity contribution >= 4 is 27.5 Å². The minimum absolute atomic E-state index is 0.280. The Morgan fingerprint density at radius 1 is 1.55 bits per heavy atom. The first-order chi connectivity index (χ1) is 9.31. The monoisotopic (exact) mass is 318 g/mol. The Morgan fingerprint density at radius 2 is 2.30 bits per heavy atom. The summed E-state index contributed by atoms with van der Waals surface area (Å²) in [6, 6.07) is 3.04. The summed E-state index contributed by atoms with van der Waals surface area (Å²) < 4.78 is 31.2. The molecule has 110 valence electrons. The maximum atomic E-state index is 12.0. The van der Waals surface area contributed by atoms with Crippen LogP contribution < -0.4 is 4.72 Å². The average Bonchev–Trinajstić information content (AvgIpc) is 2.80. The van der Waals surface area contributed by atoms with Crippen LogP contribution in [0.3, 0.4) is 0 Å². The molecule has 0 bridgehead atoms. The van der Waals surface area contributed by atoms with E-state index >= 15 is 0 Å². The summed E-state index contributed by atoms with van der Waals surface area (Å²) in [6.07, 6.45) is 2.61. The van der Waals surface area contributed by atoms with E-state index < -0.39 is 21.5 Å². The number of nitrogens with one attached hydrogen (secondary N) is 1. The first-order valence-corrected chi connectivity index (χ1v) is 8.13. The smallest absolute Gasteiger partial charge is 0.265 e. The standard InChI is InChI=1S/C12H15ClN2O4S/c1-12(5-2-6-19-12)11(16)15-20(17,18)8-9-3-4-10(13)14-7-9/h3-4,7H,2,5-6,8H2,1H3,(H,15,16). The first-order valence-electron chi connectivity index (χ1n) is 6.10. The van der Waals surface area contributed by atoms with Crippen molar-refractivity contribution in [2.45, 2.75) is 31.1 Å². The molecule has 0 spiro atoms. The Morgan fingerprint density at radius 3 is 2.85 bits per heavy atom. The largest absolute Gasteiger partial charge is 0.365 e. The molecule has 0 aromatic carbocycles. The fourth-order valence-electron chi connectivity index (χ4n) is 1.95. The zero-order chi connectivity index (χ0) is 14.8. The average molecular weight is 319 g/mol. The van der Waals surface area contributed by atoms with Gasteiger partial charge < -0.3 is 4.74 Å². The highest BCUT2D eigenvalue weighted by Crippen LogP contribution is 2.25. The quantitative estimate of drug-likeness (QED) is 0.844. The van der Waals surface area contributed by atoms with E-state index in [0.29, 0.717) is 18.6 Å². The van der Waals surface area contributed by atoms with Crippen LogP contribution in [-0.2, 0) is 25.3 Å². The molecule has 0 radical (unpaired) electrons. The summed E-state index contributed by atoms with van der Waals surface area (Å²) in [5, 5.41) is 0.280. The third-order valence-electron chi connectivity index (χ3n) is 3.09. The predicted octanol–water partition coefficient (Wildman–Crippen LogP) is 1.25. The van der Waals surface area contributed by atoms with Crippen LogP contribution in [0.1, 0.15) is 25.3 Å². The van der Waals surface area contributed by atoms with Crippen LogP contribution in [0, 0.1) is 0 Å². The normalized spacial score (nSPS) is 22.7. The van der Waals surface area contributed by atoms with Crippen molar-refractivity contribution < 1.29 is 17.9 Å². The van der Waals surface area contributed by atoms with Crippen molar-refractivity contribution in [2.24, 2.45) is 0 Å². The van der Waals surface area contributed by atoms with Gasteiger partial charge in [0.1, 0.15) is 10.8 Å². The summed E-state index contributed by atoms with van der Waals surface area (Å²) in [6.45, 7) is 2.06. The van der Waals surface area contributed by atoms with Gasteiger partial charge in [0.05, 0.1) is 5.75 Å². The number of nitrogens with zero attached hydrogens (tertiary/aromatic N) is 1. The van der Waals surface area contributed by atoms with Crippen LogP contribution >= 0.6 is 11.6 Å². The number of pyridine rings is 1. The highest BCUT2D eigenvalue weighted by Gasteiger charge is 2.39. The van der Waals surface area contributed by atoms with Crippen LogP contribution in [0.15, 0.2) is 18.3 Å². The summed E-state index contributed by atoms with van der Waals surface area (Å²) in [4.78, 5) is 15.8. The molecule has 1 aromatic heterocycles. The molecule has 1 aliphatic rings. The van der Waals surface area contributed by atoms with Crippen LogP contribution in [0.4, 0.5) is 0 Å². The molecule has 1 saturated heterocycles. The molecule has 1 amide bonds. The molecular weight excluding hydrogens is 304 g/mol. The van der Waals surface area contributed by atoms with E-state index in [-0.39, 0.29) is 10.9 Å². The van der Waals surface area contributed by atoms with Gasteiger partial charge in [-0.25, -0.2) is 13.4 Å². The number of amides is 1. The molecule has 1 fully saturated rings. The number of halogens is 1. The molecule has 1 unspecified atom stereocenters. The molecule has 2 rings (SSSR count). The molecule has 1 aromatic rings. The summed E-state index contributed by atoms with van der Waals surface area (Å²) in [7, 11) is -3.78. The molecule has 1 atom stereocenters. The van der Waals surface area contributed by atoms with E-state index in [9.17, 15) is 13.2 Å². The first kappa shape index (κ1) is 15.2. The van der Waals surface area contributed by atoms with E-state index in [1.54, 1.807) is 13.0 Å². The minimum atomic E-state index is -3.78. The fourth-order valence-corrected chi connectivity index (χ4v) is 3.25. The Balaban J connectivity index is 2.04. The molecule has 8 heteroatoms. The van der Waals surface area contributed by atoms with Crippen molar-refractivity contribution in [3.63, 3.8) is 0 Å². The van der Waals surface area contributed by atoms with E-state index in [1.165, 1.54) is 12.3 Å². The number of carbonyl (C=O) groups is 1. The molecule has 1 N–H and O–H groups in total. The lowest BCUT2D eigenvalue weighted by Crippen LogP contribution is -2.46. The van der Waals surface area contributed by atoms with Crippen LogP contribution in [0.25, 0.3) is 0 Å². The van der Waals surface area contributed by atoms with Gasteiger partial charge in [0.2, 0.25) is 10.0 Å². The number of hydrogen-bond donors (Lipinski definition) is 1. The lowest BCUT2D eigenvalue weighted by atomic mass is 10.0. The Hall–Kier alpha value is -1.18. The van der Waals surface area contributed by atoms with Gasteiger partial charge in [-0.2, -0.15) is 0 Å². The van der Waals surface area contributed by atoms with Crippen LogP contribution in [0.5, 0.6) is 0 Å². The van der Waals surface area contributed by atoms with Crippen molar-refractivity contribution in [1.29, 1.82) is 0 Å². The second-order valence-corrected chi connectivity index (χ2v) is 6.97. The number of hydrogen-bond acceptors (Lipinski definition) is 5. The third-order valence-corrected chi connectivity index (χ3v) is 4.53. The van der Waals surface area contributed by atoms with Gasteiger partial charge in [0.25, 0.3) is 5.91 Å². The molecule has 6 nitrogen and oxygen atoms in total. The van der Waals surface area contributed by atoms with Crippen LogP contribution in [-0.4, -0.2) is 31.5 Å². The lowest BCUT2D eigenvalue weighted by Gasteiger charge is -2.21. The maximum absolute atomic E-state index is 12.0. The van der Waals surface area contributed by atoms with Gasteiger partial charge >= 0.3 is 0 Å². The van der Waals surface area contributed by atoms with Gasteiger partial charge in [-0.15, -0.1) is 0 Å². The minimum Gasteiger partial charge on any atom is -0.365 e. The van der Waals surface area contributed by atoms with Crippen molar-refractivity contribution in [2.75, 3.05) is 6.61 Å². The second kappa shape index (κ2) is 5.67. The Bertz CT molecular complexity index is 594. The second-order valence-electron chi connectivity index (χ2n) is 4.86. The summed E-state index contributed by atoms with van der Waals surface area (Å²) in [5.41, 5.74) is -0.613. The number of rotatable bonds is 4. The lowest BCUT2D eigenvalue weighted by molar-refractivity contribution is -0.137. The predicted molar refractivity (Wildman–Crippen MR) is 73.6 cm³/mol. The summed E-state index contributed by atoms with van der Waals surface area (Å²) in [5.74, 6) is -0.962. The maximum Gasteiger partial charge on any atom is 0.265 e. The zero-order valence-corrected chi connectivity index (χ0v) is 12.5. The van der Waals surface area contributed by atoms with Gasteiger partial charge in [0.15, 0.2) is 0 Å². The van der Waals surface area contributed by atoms with Crippen molar-refractivity contribution in [3.05, 3.63) is 29.0 Å². The zero-order valence-electron chi connectivity index (χ0n) is 10.9. The Labute approximate surface area is 122 Å². The van der Waals surface area contributed by atoms with Gasteiger partial charge in [-0.05, 0) is 31.4 Å². The van der Waals surface area contributed by atoms with Crippen molar-refractivity contribution in [3.8, 4) is 0 Å². The van der Waals surface area contributed by atoms with Gasteiger partial charge in [0, 0.05) is 12.8 Å². The number of sulfonamides is 1. The summed E-state index contributed by atoms with van der Waals surface area (Å²) >= 11 is 5.62. The topological polar surface area (TPSA) is 85.4 Å². The van der Waals surface area contributed by atoms with Crippen molar-refractivity contribution in [1.82, 2.24) is 9.71 Å². The van der Waals surface area contributed by atoms with Gasteiger partial charge in [-0.1, -0.05) is 17.7 Å². The highest BCUT2D eigenvalue weighted by atomic mass is 35.5. The molecule has 1 aliphatic heterocycles. The van der Waals surface area contributed by atoms with Gasteiger partial charge in [-0.3, -0.25) is 9.52 Å². The van der Waals surface area contributed by atoms with E-state index in [0.717, 1.165) is 6.42 Å². The Kier molecular flexibility index (Phi) is 4.31. The highest BCUT2D eigenvalue weighted by molar-refractivity contribution is 7.89. The molecule has 20 heavy (non-hydrogen) atoms. The van der Waals surface area contributed by atoms with Crippen LogP contribution in [0.2, 0.25) is 5.15 Å². The van der Waals surface area contributed by atoms with E-state index in [1.807, 2.05) is 4.72 Å². The molecular formula is C12H15ClN2O4S. The third kappa shape index (κ3) is 3.68.